The number of nitrogens with one attached hydrogen (secondary N) is 1. The molecule has 1 aliphatic rings. The monoisotopic (exact) mass is 227 g/mol. The first-order valence-corrected chi connectivity index (χ1v) is 5.76. The summed E-state index contributed by atoms with van der Waals surface area (Å²) < 4.78 is 0. The number of hydrogen-bond donors (Lipinski definition) is 2. The van der Waals surface area contributed by atoms with Gasteiger partial charge in [-0.3, -0.25) is 4.79 Å². The highest BCUT2D eigenvalue weighted by atomic mass is 16.3. The third-order valence-electron chi connectivity index (χ3n) is 3.02. The van der Waals surface area contributed by atoms with Crippen LogP contribution in [0.15, 0.2) is 36.4 Å². The van der Waals surface area contributed by atoms with Crippen LogP contribution in [0.25, 0.3) is 10.8 Å². The minimum absolute atomic E-state index is 0.0434. The van der Waals surface area contributed by atoms with Gasteiger partial charge in [0.05, 0.1) is 5.56 Å². The van der Waals surface area contributed by atoms with E-state index in [2.05, 4.69) is 5.32 Å². The second kappa shape index (κ2) is 3.77. The van der Waals surface area contributed by atoms with E-state index in [9.17, 15) is 9.90 Å². The number of rotatable bonds is 2. The third kappa shape index (κ3) is 1.96. The van der Waals surface area contributed by atoms with E-state index in [0.717, 1.165) is 23.6 Å². The van der Waals surface area contributed by atoms with Gasteiger partial charge in [-0.05, 0) is 35.7 Å². The number of fused-ring (bicyclic) bond motifs is 1. The third-order valence-corrected chi connectivity index (χ3v) is 3.02. The molecule has 17 heavy (non-hydrogen) atoms. The Kier molecular flexibility index (Phi) is 2.25. The smallest absolute Gasteiger partial charge is 0.255 e. The number of phenolic OH excluding ortho intramolecular Hbond substituents is 1. The molecule has 3 nitrogen and oxygen atoms in total. The van der Waals surface area contributed by atoms with Crippen molar-refractivity contribution >= 4 is 16.7 Å². The quantitative estimate of drug-likeness (QED) is 0.827. The van der Waals surface area contributed by atoms with E-state index in [1.165, 1.54) is 0 Å². The van der Waals surface area contributed by atoms with Crippen LogP contribution in [0.3, 0.4) is 0 Å². The minimum atomic E-state index is -0.184. The molecule has 0 bridgehead atoms. The predicted molar refractivity (Wildman–Crippen MR) is 66.1 cm³/mol. The molecule has 0 aromatic heterocycles. The van der Waals surface area contributed by atoms with Crippen LogP contribution in [0, 0.1) is 0 Å². The Morgan fingerprint density at radius 2 is 1.82 bits per heavy atom. The van der Waals surface area contributed by atoms with Crippen molar-refractivity contribution in [1.29, 1.82) is 0 Å². The van der Waals surface area contributed by atoms with Crippen molar-refractivity contribution in [2.75, 3.05) is 0 Å². The zero-order valence-electron chi connectivity index (χ0n) is 9.31. The second-order valence-electron chi connectivity index (χ2n) is 4.46. The van der Waals surface area contributed by atoms with Crippen LogP contribution in [0.1, 0.15) is 23.2 Å². The Morgan fingerprint density at radius 3 is 2.47 bits per heavy atom. The van der Waals surface area contributed by atoms with E-state index in [1.807, 2.05) is 24.3 Å². The Labute approximate surface area is 99.1 Å². The summed E-state index contributed by atoms with van der Waals surface area (Å²) in [7, 11) is 0. The van der Waals surface area contributed by atoms with Gasteiger partial charge in [0.2, 0.25) is 0 Å². The average molecular weight is 227 g/mol. The lowest BCUT2D eigenvalue weighted by atomic mass is 10.1. The van der Waals surface area contributed by atoms with Crippen molar-refractivity contribution in [3.8, 4) is 5.75 Å². The number of carbonyl (C=O) groups excluding carboxylic acids is 1. The van der Waals surface area contributed by atoms with E-state index in [1.54, 1.807) is 12.1 Å². The SMILES string of the molecule is O=C(NC1CC1)c1cc2ccccc2cc1O. The molecule has 0 heterocycles. The van der Waals surface area contributed by atoms with Gasteiger partial charge in [0.15, 0.2) is 0 Å². The molecule has 1 fully saturated rings. The zero-order valence-corrected chi connectivity index (χ0v) is 9.31. The zero-order chi connectivity index (χ0) is 11.8. The van der Waals surface area contributed by atoms with Gasteiger partial charge in [0, 0.05) is 6.04 Å². The summed E-state index contributed by atoms with van der Waals surface area (Å²) in [6.45, 7) is 0. The standard InChI is InChI=1S/C14H13NO2/c16-13-8-10-4-2-1-3-9(10)7-12(13)14(17)15-11-5-6-11/h1-4,7-8,11,16H,5-6H2,(H,15,17). The highest BCUT2D eigenvalue weighted by Crippen LogP contribution is 2.26. The van der Waals surface area contributed by atoms with Crippen LogP contribution in [0.4, 0.5) is 0 Å². The van der Waals surface area contributed by atoms with Gasteiger partial charge in [-0.1, -0.05) is 24.3 Å². The lowest BCUT2D eigenvalue weighted by Gasteiger charge is -2.07. The van der Waals surface area contributed by atoms with Crippen LogP contribution in [0.2, 0.25) is 0 Å². The van der Waals surface area contributed by atoms with Crippen molar-refractivity contribution in [3.63, 3.8) is 0 Å². The Bertz CT molecular complexity index is 588. The van der Waals surface area contributed by atoms with E-state index in [4.69, 9.17) is 0 Å². The lowest BCUT2D eigenvalue weighted by molar-refractivity contribution is 0.0948. The number of hydrogen-bond acceptors (Lipinski definition) is 2. The van der Waals surface area contributed by atoms with Crippen LogP contribution in [0.5, 0.6) is 5.75 Å². The van der Waals surface area contributed by atoms with E-state index in [-0.39, 0.29) is 11.7 Å². The molecule has 2 aromatic rings. The van der Waals surface area contributed by atoms with Crippen LogP contribution in [-0.4, -0.2) is 17.1 Å². The summed E-state index contributed by atoms with van der Waals surface area (Å²) in [5.74, 6) is -0.141. The molecule has 0 aliphatic heterocycles. The number of benzene rings is 2. The molecule has 0 saturated heterocycles. The highest BCUT2D eigenvalue weighted by Gasteiger charge is 2.24. The summed E-state index contributed by atoms with van der Waals surface area (Å²) >= 11 is 0. The van der Waals surface area contributed by atoms with E-state index < -0.39 is 0 Å². The molecule has 2 N–H and O–H groups in total. The Balaban J connectivity index is 2.02. The van der Waals surface area contributed by atoms with Crippen LogP contribution >= 0.6 is 0 Å². The summed E-state index contributed by atoms with van der Waals surface area (Å²) in [6, 6.07) is 11.3. The topological polar surface area (TPSA) is 49.3 Å². The minimum Gasteiger partial charge on any atom is -0.507 e. The molecule has 0 atom stereocenters. The van der Waals surface area contributed by atoms with Gasteiger partial charge in [0.25, 0.3) is 5.91 Å². The van der Waals surface area contributed by atoms with Gasteiger partial charge in [-0.15, -0.1) is 0 Å². The maximum atomic E-state index is 11.9. The fourth-order valence-corrected chi connectivity index (χ4v) is 1.90. The summed E-state index contributed by atoms with van der Waals surface area (Å²) in [6.07, 6.45) is 2.08. The first-order chi connectivity index (χ1) is 8.24. The molecule has 3 heteroatoms. The molecular weight excluding hydrogens is 214 g/mol. The van der Waals surface area contributed by atoms with Crippen LogP contribution < -0.4 is 5.32 Å². The van der Waals surface area contributed by atoms with Gasteiger partial charge in [-0.2, -0.15) is 0 Å². The van der Waals surface area contributed by atoms with E-state index in [0.29, 0.717) is 11.6 Å². The normalized spacial score (nSPS) is 14.8. The fraction of sp³-hybridized carbons (Fsp3) is 0.214. The maximum absolute atomic E-state index is 11.9. The number of amides is 1. The van der Waals surface area contributed by atoms with Crippen molar-refractivity contribution in [2.24, 2.45) is 0 Å². The number of aromatic hydroxyl groups is 1. The largest absolute Gasteiger partial charge is 0.507 e. The fourth-order valence-electron chi connectivity index (χ4n) is 1.90. The molecule has 0 radical (unpaired) electrons. The Hall–Kier alpha value is -2.03. The summed E-state index contributed by atoms with van der Waals surface area (Å²) in [5.41, 5.74) is 0.357. The molecule has 0 spiro atoms. The number of phenols is 1. The Morgan fingerprint density at radius 1 is 1.18 bits per heavy atom. The maximum Gasteiger partial charge on any atom is 0.255 e. The van der Waals surface area contributed by atoms with Gasteiger partial charge in [0.1, 0.15) is 5.75 Å². The van der Waals surface area contributed by atoms with Crippen molar-refractivity contribution in [3.05, 3.63) is 42.0 Å². The summed E-state index contributed by atoms with van der Waals surface area (Å²) in [5, 5.41) is 14.6. The second-order valence-corrected chi connectivity index (χ2v) is 4.46. The molecule has 0 unspecified atom stereocenters. The number of carbonyl (C=O) groups is 1. The molecule has 1 aliphatic carbocycles. The molecule has 3 rings (SSSR count). The van der Waals surface area contributed by atoms with Crippen molar-refractivity contribution < 1.29 is 9.90 Å². The van der Waals surface area contributed by atoms with E-state index >= 15 is 0 Å². The molecule has 86 valence electrons. The van der Waals surface area contributed by atoms with Crippen molar-refractivity contribution in [2.45, 2.75) is 18.9 Å². The lowest BCUT2D eigenvalue weighted by Crippen LogP contribution is -2.25. The molecule has 2 aromatic carbocycles. The first-order valence-electron chi connectivity index (χ1n) is 5.76. The predicted octanol–water partition coefficient (Wildman–Crippen LogP) is 2.44. The van der Waals surface area contributed by atoms with Crippen LogP contribution in [-0.2, 0) is 0 Å². The average Bonchev–Trinajstić information content (AvgIpc) is 3.12. The van der Waals surface area contributed by atoms with Gasteiger partial charge in [-0.25, -0.2) is 0 Å². The molecule has 1 saturated carbocycles. The highest BCUT2D eigenvalue weighted by molar-refractivity contribution is 6.01. The summed E-state index contributed by atoms with van der Waals surface area (Å²) in [4.78, 5) is 11.9. The first kappa shape index (κ1) is 10.1. The molecular formula is C14H13NO2. The molecule has 1 amide bonds. The van der Waals surface area contributed by atoms with Gasteiger partial charge >= 0.3 is 0 Å². The van der Waals surface area contributed by atoms with Gasteiger partial charge < -0.3 is 10.4 Å². The van der Waals surface area contributed by atoms with Crippen molar-refractivity contribution in [1.82, 2.24) is 5.32 Å².